The highest BCUT2D eigenvalue weighted by molar-refractivity contribution is 6.31. The molecule has 0 aliphatic rings. The van der Waals surface area contributed by atoms with Gasteiger partial charge in [0, 0.05) is 16.3 Å². The van der Waals surface area contributed by atoms with Crippen molar-refractivity contribution in [2.75, 3.05) is 5.73 Å². The third-order valence-electron chi connectivity index (χ3n) is 2.69. The highest BCUT2D eigenvalue weighted by atomic mass is 35.5. The highest BCUT2D eigenvalue weighted by Gasteiger charge is 2.04. The summed E-state index contributed by atoms with van der Waals surface area (Å²) < 4.78 is 0. The lowest BCUT2D eigenvalue weighted by Gasteiger charge is -2.08. The number of rotatable bonds is 1. The minimum Gasteiger partial charge on any atom is -0.398 e. The van der Waals surface area contributed by atoms with Crippen molar-refractivity contribution in [1.29, 1.82) is 0 Å². The molecule has 16 heavy (non-hydrogen) atoms. The van der Waals surface area contributed by atoms with Gasteiger partial charge in [-0.05, 0) is 43.2 Å². The smallest absolute Gasteiger partial charge is 0.0441 e. The summed E-state index contributed by atoms with van der Waals surface area (Å²) in [6.07, 6.45) is 0. The molecule has 0 radical (unpaired) electrons. The zero-order valence-corrected chi connectivity index (χ0v) is 10.2. The van der Waals surface area contributed by atoms with Gasteiger partial charge in [0.15, 0.2) is 0 Å². The molecule has 0 spiro atoms. The third kappa shape index (κ3) is 2.05. The van der Waals surface area contributed by atoms with E-state index in [1.807, 2.05) is 37.3 Å². The van der Waals surface area contributed by atoms with Crippen molar-refractivity contribution in [1.82, 2.24) is 0 Å². The number of halogens is 1. The van der Waals surface area contributed by atoms with E-state index in [-0.39, 0.29) is 0 Å². The van der Waals surface area contributed by atoms with Gasteiger partial charge in [-0.3, -0.25) is 0 Å². The second kappa shape index (κ2) is 4.18. The molecule has 2 rings (SSSR count). The largest absolute Gasteiger partial charge is 0.398 e. The van der Waals surface area contributed by atoms with Crippen LogP contribution in [0.2, 0.25) is 5.02 Å². The SMILES string of the molecule is Cc1ccc(N)c(-c2ccc(C)c(Cl)c2)c1. The predicted octanol–water partition coefficient (Wildman–Crippen LogP) is 4.21. The number of hydrogen-bond acceptors (Lipinski definition) is 1. The van der Waals surface area contributed by atoms with E-state index in [1.165, 1.54) is 5.56 Å². The van der Waals surface area contributed by atoms with Gasteiger partial charge in [-0.2, -0.15) is 0 Å². The number of nitrogen functional groups attached to an aromatic ring is 1. The average molecular weight is 232 g/mol. The van der Waals surface area contributed by atoms with Crippen LogP contribution in [0.3, 0.4) is 0 Å². The van der Waals surface area contributed by atoms with Gasteiger partial charge < -0.3 is 5.73 Å². The van der Waals surface area contributed by atoms with Crippen LogP contribution in [0.4, 0.5) is 5.69 Å². The summed E-state index contributed by atoms with van der Waals surface area (Å²) >= 11 is 6.12. The van der Waals surface area contributed by atoms with Gasteiger partial charge in [-0.1, -0.05) is 35.4 Å². The fourth-order valence-electron chi connectivity index (χ4n) is 1.68. The number of hydrogen-bond donors (Lipinski definition) is 1. The molecule has 0 aliphatic carbocycles. The third-order valence-corrected chi connectivity index (χ3v) is 3.10. The van der Waals surface area contributed by atoms with Crippen LogP contribution in [0.1, 0.15) is 11.1 Å². The van der Waals surface area contributed by atoms with Gasteiger partial charge in [0.2, 0.25) is 0 Å². The molecule has 0 heterocycles. The first-order valence-corrected chi connectivity index (χ1v) is 5.58. The van der Waals surface area contributed by atoms with Crippen LogP contribution in [-0.4, -0.2) is 0 Å². The van der Waals surface area contributed by atoms with Crippen LogP contribution in [-0.2, 0) is 0 Å². The number of aryl methyl sites for hydroxylation is 2. The fourth-order valence-corrected chi connectivity index (χ4v) is 1.86. The fraction of sp³-hybridized carbons (Fsp3) is 0.143. The van der Waals surface area contributed by atoms with Crippen LogP contribution >= 0.6 is 11.6 Å². The number of benzene rings is 2. The highest BCUT2D eigenvalue weighted by Crippen LogP contribution is 2.30. The van der Waals surface area contributed by atoms with E-state index >= 15 is 0 Å². The Bertz CT molecular complexity index is 532. The Kier molecular flexibility index (Phi) is 2.88. The summed E-state index contributed by atoms with van der Waals surface area (Å²) in [5.41, 5.74) is 11.1. The summed E-state index contributed by atoms with van der Waals surface area (Å²) in [6.45, 7) is 4.05. The zero-order chi connectivity index (χ0) is 11.7. The van der Waals surface area contributed by atoms with E-state index in [4.69, 9.17) is 17.3 Å². The Morgan fingerprint density at radius 2 is 1.75 bits per heavy atom. The van der Waals surface area contributed by atoms with Gasteiger partial charge in [-0.15, -0.1) is 0 Å². The molecule has 1 nitrogen and oxygen atoms in total. The maximum Gasteiger partial charge on any atom is 0.0441 e. The first-order valence-electron chi connectivity index (χ1n) is 5.20. The zero-order valence-electron chi connectivity index (χ0n) is 9.42. The minimum atomic E-state index is 0.776. The first-order chi connectivity index (χ1) is 7.58. The molecule has 2 aromatic rings. The standard InChI is InChI=1S/C14H14ClN/c1-9-3-6-14(16)12(7-9)11-5-4-10(2)13(15)8-11/h3-8H,16H2,1-2H3. The molecule has 0 saturated carbocycles. The van der Waals surface area contributed by atoms with E-state index in [9.17, 15) is 0 Å². The van der Waals surface area contributed by atoms with Crippen molar-refractivity contribution in [3.8, 4) is 11.1 Å². The number of anilines is 1. The molecule has 0 aliphatic heterocycles. The Morgan fingerprint density at radius 3 is 2.44 bits per heavy atom. The molecule has 2 heteroatoms. The Morgan fingerprint density at radius 1 is 1.00 bits per heavy atom. The van der Waals surface area contributed by atoms with Crippen molar-refractivity contribution < 1.29 is 0 Å². The summed E-state index contributed by atoms with van der Waals surface area (Å²) in [6, 6.07) is 12.0. The van der Waals surface area contributed by atoms with Gasteiger partial charge in [0.05, 0.1) is 0 Å². The first kappa shape index (κ1) is 11.0. The van der Waals surface area contributed by atoms with Crippen molar-refractivity contribution in [3.05, 3.63) is 52.5 Å². The lowest BCUT2D eigenvalue weighted by Crippen LogP contribution is -1.91. The van der Waals surface area contributed by atoms with Crippen molar-refractivity contribution in [3.63, 3.8) is 0 Å². The predicted molar refractivity (Wildman–Crippen MR) is 70.8 cm³/mol. The Hall–Kier alpha value is -1.47. The van der Waals surface area contributed by atoms with Crippen LogP contribution in [0, 0.1) is 13.8 Å². The van der Waals surface area contributed by atoms with Gasteiger partial charge in [-0.25, -0.2) is 0 Å². The molecular weight excluding hydrogens is 218 g/mol. The summed E-state index contributed by atoms with van der Waals surface area (Å²) in [7, 11) is 0. The monoisotopic (exact) mass is 231 g/mol. The van der Waals surface area contributed by atoms with E-state index in [0.717, 1.165) is 27.4 Å². The molecular formula is C14H14ClN. The Balaban J connectivity index is 2.58. The van der Waals surface area contributed by atoms with E-state index in [2.05, 4.69) is 13.0 Å². The van der Waals surface area contributed by atoms with Crippen LogP contribution in [0.25, 0.3) is 11.1 Å². The minimum absolute atomic E-state index is 0.776. The maximum absolute atomic E-state index is 6.12. The van der Waals surface area contributed by atoms with Crippen LogP contribution in [0.15, 0.2) is 36.4 Å². The molecule has 0 fully saturated rings. The molecule has 0 atom stereocenters. The molecule has 0 unspecified atom stereocenters. The summed E-state index contributed by atoms with van der Waals surface area (Å²) in [4.78, 5) is 0. The lowest BCUT2D eigenvalue weighted by atomic mass is 10.0. The van der Waals surface area contributed by atoms with Gasteiger partial charge in [0.1, 0.15) is 0 Å². The van der Waals surface area contributed by atoms with E-state index in [1.54, 1.807) is 0 Å². The van der Waals surface area contributed by atoms with Gasteiger partial charge in [0.25, 0.3) is 0 Å². The van der Waals surface area contributed by atoms with Crippen LogP contribution < -0.4 is 5.73 Å². The summed E-state index contributed by atoms with van der Waals surface area (Å²) in [5, 5.41) is 0.776. The lowest BCUT2D eigenvalue weighted by molar-refractivity contribution is 1.44. The van der Waals surface area contributed by atoms with Crippen LogP contribution in [0.5, 0.6) is 0 Å². The molecule has 0 amide bonds. The normalized spacial score (nSPS) is 10.4. The molecule has 0 bridgehead atoms. The topological polar surface area (TPSA) is 26.0 Å². The quantitative estimate of drug-likeness (QED) is 0.732. The molecule has 2 N–H and O–H groups in total. The second-order valence-electron chi connectivity index (χ2n) is 4.05. The van der Waals surface area contributed by atoms with E-state index < -0.39 is 0 Å². The molecule has 0 aromatic heterocycles. The van der Waals surface area contributed by atoms with Crippen molar-refractivity contribution >= 4 is 17.3 Å². The molecule has 0 saturated heterocycles. The summed E-state index contributed by atoms with van der Waals surface area (Å²) in [5.74, 6) is 0. The average Bonchev–Trinajstić information content (AvgIpc) is 2.26. The van der Waals surface area contributed by atoms with Crippen molar-refractivity contribution in [2.24, 2.45) is 0 Å². The molecule has 82 valence electrons. The maximum atomic E-state index is 6.12. The Labute approximate surface area is 101 Å². The van der Waals surface area contributed by atoms with E-state index in [0.29, 0.717) is 0 Å². The number of nitrogens with two attached hydrogens (primary N) is 1. The second-order valence-corrected chi connectivity index (χ2v) is 4.46. The van der Waals surface area contributed by atoms with Gasteiger partial charge >= 0.3 is 0 Å². The van der Waals surface area contributed by atoms with Crippen molar-refractivity contribution in [2.45, 2.75) is 13.8 Å². The molecule has 2 aromatic carbocycles.